The number of carbonyl (C=O) groups is 1. The van der Waals surface area contributed by atoms with Gasteiger partial charge in [-0.15, -0.1) is 0 Å². The molecule has 1 aromatic heterocycles. The summed E-state index contributed by atoms with van der Waals surface area (Å²) in [6.45, 7) is 1.34. The number of rotatable bonds is 5. The molecule has 2 rings (SSSR count). The van der Waals surface area contributed by atoms with E-state index in [0.29, 0.717) is 24.9 Å². The van der Waals surface area contributed by atoms with Gasteiger partial charge in [-0.05, 0) is 30.4 Å². The highest BCUT2D eigenvalue weighted by Crippen LogP contribution is 2.19. The van der Waals surface area contributed by atoms with Crippen LogP contribution in [0.4, 0.5) is 0 Å². The summed E-state index contributed by atoms with van der Waals surface area (Å²) in [7, 11) is 0. The third kappa shape index (κ3) is 3.71. The topological polar surface area (TPSA) is 51.2 Å². The highest BCUT2D eigenvalue weighted by molar-refractivity contribution is 7.99. The van der Waals surface area contributed by atoms with E-state index < -0.39 is 0 Å². The van der Waals surface area contributed by atoms with E-state index in [1.165, 1.54) is 17.3 Å². The molecule has 1 N–H and O–H groups in total. The fourth-order valence-corrected chi connectivity index (χ4v) is 2.51. The summed E-state index contributed by atoms with van der Waals surface area (Å²) in [5.41, 5.74) is 1.24. The Morgan fingerprint density at radius 3 is 3.00 bits per heavy atom. The molecule has 0 unspecified atom stereocenters. The average molecular weight is 266 g/mol. The number of ether oxygens (including phenoxy) is 1. The van der Waals surface area contributed by atoms with Gasteiger partial charge in [0.2, 0.25) is 5.91 Å². The van der Waals surface area contributed by atoms with E-state index in [0.717, 1.165) is 6.42 Å². The number of nitrogens with zero attached hydrogens (tertiary/aromatic N) is 1. The van der Waals surface area contributed by atoms with Gasteiger partial charge in [-0.3, -0.25) is 9.78 Å². The van der Waals surface area contributed by atoms with E-state index in [1.807, 2.05) is 18.4 Å². The summed E-state index contributed by atoms with van der Waals surface area (Å²) in [4.78, 5) is 15.6. The zero-order valence-electron chi connectivity index (χ0n) is 10.5. The van der Waals surface area contributed by atoms with Gasteiger partial charge in [-0.2, -0.15) is 11.8 Å². The molecule has 1 aliphatic rings. The lowest BCUT2D eigenvalue weighted by Crippen LogP contribution is -2.41. The lowest BCUT2D eigenvalue weighted by Gasteiger charge is -2.18. The molecule has 0 bridgehead atoms. The van der Waals surface area contributed by atoms with Crippen molar-refractivity contribution < 1.29 is 9.53 Å². The molecule has 98 valence electrons. The van der Waals surface area contributed by atoms with Crippen LogP contribution in [0.15, 0.2) is 24.5 Å². The first-order valence-corrected chi connectivity index (χ1v) is 7.44. The van der Waals surface area contributed by atoms with Crippen molar-refractivity contribution in [1.29, 1.82) is 0 Å². The van der Waals surface area contributed by atoms with Gasteiger partial charge in [0.1, 0.15) is 0 Å². The van der Waals surface area contributed by atoms with Gasteiger partial charge in [0.25, 0.3) is 0 Å². The Balaban J connectivity index is 1.89. The maximum absolute atomic E-state index is 11.6. The number of thioether (sulfide) groups is 1. The molecule has 18 heavy (non-hydrogen) atoms. The lowest BCUT2D eigenvalue weighted by molar-refractivity contribution is -0.119. The van der Waals surface area contributed by atoms with Gasteiger partial charge in [0, 0.05) is 18.3 Å². The van der Waals surface area contributed by atoms with Crippen molar-refractivity contribution in [2.75, 3.05) is 25.2 Å². The number of amides is 1. The van der Waals surface area contributed by atoms with E-state index in [9.17, 15) is 4.79 Å². The minimum absolute atomic E-state index is 0.0951. The summed E-state index contributed by atoms with van der Waals surface area (Å²) in [5, 5.41) is 3.05. The Morgan fingerprint density at radius 1 is 1.50 bits per heavy atom. The summed E-state index contributed by atoms with van der Waals surface area (Å²) < 4.78 is 5.48. The lowest BCUT2D eigenvalue weighted by atomic mass is 9.95. The van der Waals surface area contributed by atoms with E-state index in [-0.39, 0.29) is 11.9 Å². The molecular weight excluding hydrogens is 248 g/mol. The van der Waals surface area contributed by atoms with Gasteiger partial charge < -0.3 is 10.1 Å². The molecule has 0 radical (unpaired) electrons. The quantitative estimate of drug-likeness (QED) is 0.867. The predicted molar refractivity (Wildman–Crippen MR) is 72.6 cm³/mol. The van der Waals surface area contributed by atoms with E-state index >= 15 is 0 Å². The van der Waals surface area contributed by atoms with Crippen molar-refractivity contribution >= 4 is 17.7 Å². The van der Waals surface area contributed by atoms with Gasteiger partial charge in [0.15, 0.2) is 0 Å². The number of pyridine rings is 1. The maximum Gasteiger partial charge on any atom is 0.230 e. The number of carbonyl (C=O) groups excluding carboxylic acids is 1. The number of hydrogen-bond acceptors (Lipinski definition) is 4. The predicted octanol–water partition coefficient (Wildman–Crippen LogP) is 1.12. The average Bonchev–Trinajstić information content (AvgIpc) is 2.78. The standard InChI is InChI=1S/C13H18N2O2S/c1-18-9-13(16)15-12-8-17-7-11(12)6-10-2-4-14-5-3-10/h2-5,11-12H,6-9H2,1H3,(H,15,16)/t11-,12+/m1/s1. The Hall–Kier alpha value is -1.07. The highest BCUT2D eigenvalue weighted by atomic mass is 32.2. The van der Waals surface area contributed by atoms with Crippen LogP contribution in [-0.2, 0) is 16.0 Å². The van der Waals surface area contributed by atoms with Crippen molar-refractivity contribution in [3.05, 3.63) is 30.1 Å². The van der Waals surface area contributed by atoms with E-state index in [1.54, 1.807) is 12.4 Å². The first kappa shape index (κ1) is 13.4. The number of hydrogen-bond donors (Lipinski definition) is 1. The highest BCUT2D eigenvalue weighted by Gasteiger charge is 2.29. The molecule has 2 heterocycles. The molecule has 1 fully saturated rings. The van der Waals surface area contributed by atoms with Crippen LogP contribution in [0.1, 0.15) is 5.56 Å². The maximum atomic E-state index is 11.6. The van der Waals surface area contributed by atoms with Crippen LogP contribution < -0.4 is 5.32 Å². The monoisotopic (exact) mass is 266 g/mol. The second kappa shape index (κ2) is 6.75. The fraction of sp³-hybridized carbons (Fsp3) is 0.538. The minimum Gasteiger partial charge on any atom is -0.379 e. The normalized spacial score (nSPS) is 22.9. The molecule has 4 nitrogen and oxygen atoms in total. The van der Waals surface area contributed by atoms with Crippen LogP contribution in [0.2, 0.25) is 0 Å². The summed E-state index contributed by atoms with van der Waals surface area (Å²) in [6, 6.07) is 4.16. The molecular formula is C13H18N2O2S. The van der Waals surface area contributed by atoms with Crippen molar-refractivity contribution in [1.82, 2.24) is 10.3 Å². The Bertz CT molecular complexity index is 386. The molecule has 0 saturated carbocycles. The molecule has 0 spiro atoms. The van der Waals surface area contributed by atoms with E-state index in [2.05, 4.69) is 10.3 Å². The number of aromatic nitrogens is 1. The fourth-order valence-electron chi connectivity index (χ4n) is 2.16. The Labute approximate surface area is 112 Å². The van der Waals surface area contributed by atoms with Crippen molar-refractivity contribution in [2.24, 2.45) is 5.92 Å². The van der Waals surface area contributed by atoms with Crippen LogP contribution >= 0.6 is 11.8 Å². The molecule has 0 aromatic carbocycles. The molecule has 1 aromatic rings. The summed E-state index contributed by atoms with van der Waals surface area (Å²) >= 11 is 1.54. The number of nitrogens with one attached hydrogen (secondary N) is 1. The van der Waals surface area contributed by atoms with Gasteiger partial charge in [-0.25, -0.2) is 0 Å². The zero-order valence-corrected chi connectivity index (χ0v) is 11.3. The van der Waals surface area contributed by atoms with Crippen LogP contribution in [-0.4, -0.2) is 42.2 Å². The van der Waals surface area contributed by atoms with Gasteiger partial charge >= 0.3 is 0 Å². The molecule has 1 amide bonds. The summed E-state index contributed by atoms with van der Waals surface area (Å²) in [5.74, 6) is 0.967. The largest absolute Gasteiger partial charge is 0.379 e. The minimum atomic E-state index is 0.0951. The SMILES string of the molecule is CSCC(=O)N[C@H]1COC[C@H]1Cc1ccncc1. The van der Waals surface area contributed by atoms with Crippen LogP contribution in [0.5, 0.6) is 0 Å². The van der Waals surface area contributed by atoms with Crippen LogP contribution in [0.3, 0.4) is 0 Å². The molecule has 0 aliphatic carbocycles. The zero-order chi connectivity index (χ0) is 12.8. The first-order chi connectivity index (χ1) is 8.79. The molecule has 1 aliphatic heterocycles. The third-order valence-corrected chi connectivity index (χ3v) is 3.62. The van der Waals surface area contributed by atoms with Crippen molar-refractivity contribution in [3.63, 3.8) is 0 Å². The van der Waals surface area contributed by atoms with Gasteiger partial charge in [-0.1, -0.05) is 0 Å². The van der Waals surface area contributed by atoms with Crippen LogP contribution in [0, 0.1) is 5.92 Å². The third-order valence-electron chi connectivity index (χ3n) is 3.07. The second-order valence-corrected chi connectivity index (χ2v) is 5.33. The smallest absolute Gasteiger partial charge is 0.230 e. The summed E-state index contributed by atoms with van der Waals surface area (Å²) in [6.07, 6.45) is 6.45. The van der Waals surface area contributed by atoms with Crippen molar-refractivity contribution in [2.45, 2.75) is 12.5 Å². The van der Waals surface area contributed by atoms with E-state index in [4.69, 9.17) is 4.74 Å². The molecule has 1 saturated heterocycles. The Morgan fingerprint density at radius 2 is 2.28 bits per heavy atom. The first-order valence-electron chi connectivity index (χ1n) is 6.04. The second-order valence-electron chi connectivity index (χ2n) is 4.46. The van der Waals surface area contributed by atoms with Crippen LogP contribution in [0.25, 0.3) is 0 Å². The Kier molecular flexibility index (Phi) is 5.01. The van der Waals surface area contributed by atoms with Crippen molar-refractivity contribution in [3.8, 4) is 0 Å². The molecule has 5 heteroatoms. The molecule has 2 atom stereocenters. The van der Waals surface area contributed by atoms with Gasteiger partial charge in [0.05, 0.1) is 25.0 Å².